The first-order valence-corrected chi connectivity index (χ1v) is 7.50. The second-order valence-electron chi connectivity index (χ2n) is 5.86. The van der Waals surface area contributed by atoms with Crippen LogP contribution in [0.5, 0.6) is 5.75 Å². The number of carbonyl (C=O) groups excluding carboxylic acids is 3. The molecule has 1 saturated heterocycles. The molecule has 1 heterocycles. The van der Waals surface area contributed by atoms with Gasteiger partial charge in [0.05, 0.1) is 11.8 Å². The summed E-state index contributed by atoms with van der Waals surface area (Å²) in [5.74, 6) is -1.32. The Morgan fingerprint density at radius 2 is 1.82 bits per heavy atom. The van der Waals surface area contributed by atoms with E-state index in [-0.39, 0.29) is 35.9 Å². The highest BCUT2D eigenvalue weighted by Crippen LogP contribution is 2.37. The predicted octanol–water partition coefficient (Wildman–Crippen LogP) is 1.51. The topological polar surface area (TPSA) is 86.7 Å². The summed E-state index contributed by atoms with van der Waals surface area (Å²) in [4.78, 5) is 37.7. The van der Waals surface area contributed by atoms with Gasteiger partial charge in [0.1, 0.15) is 12.3 Å². The van der Waals surface area contributed by atoms with E-state index in [1.165, 1.54) is 12.1 Å². The number of hydrogen-bond acceptors (Lipinski definition) is 4. The Hall–Kier alpha value is -2.37. The highest BCUT2D eigenvalue weighted by molar-refractivity contribution is 6.08. The van der Waals surface area contributed by atoms with Crippen LogP contribution in [0.25, 0.3) is 0 Å². The van der Waals surface area contributed by atoms with Gasteiger partial charge in [-0.2, -0.15) is 0 Å². The Bertz CT molecular complexity index is 604. The number of rotatable bonds is 3. The summed E-state index contributed by atoms with van der Waals surface area (Å²) in [5.41, 5.74) is 0.432. The first-order valence-electron chi connectivity index (χ1n) is 7.50. The largest absolute Gasteiger partial charge is 0.508 e. The fourth-order valence-corrected chi connectivity index (χ4v) is 3.31. The summed E-state index contributed by atoms with van der Waals surface area (Å²) in [6.07, 6.45) is 3.40. The number of benzene rings is 1. The average Bonchev–Trinajstić information content (AvgIpc) is 2.73. The third-order valence-corrected chi connectivity index (χ3v) is 4.36. The number of phenols is 1. The molecular formula is C16H18N2O4. The van der Waals surface area contributed by atoms with Crippen LogP contribution in [-0.2, 0) is 14.4 Å². The molecule has 116 valence electrons. The monoisotopic (exact) mass is 302 g/mol. The summed E-state index contributed by atoms with van der Waals surface area (Å²) < 4.78 is 0. The molecule has 1 aromatic rings. The summed E-state index contributed by atoms with van der Waals surface area (Å²) >= 11 is 0. The van der Waals surface area contributed by atoms with Crippen molar-refractivity contribution >= 4 is 23.4 Å². The molecule has 2 fully saturated rings. The van der Waals surface area contributed by atoms with Gasteiger partial charge in [-0.3, -0.25) is 19.3 Å². The lowest BCUT2D eigenvalue weighted by atomic mass is 9.81. The van der Waals surface area contributed by atoms with Gasteiger partial charge in [-0.05, 0) is 25.0 Å². The lowest BCUT2D eigenvalue weighted by Gasteiger charge is -2.19. The van der Waals surface area contributed by atoms with Crippen LogP contribution in [0.2, 0.25) is 0 Å². The molecule has 0 spiro atoms. The van der Waals surface area contributed by atoms with E-state index in [4.69, 9.17) is 0 Å². The smallest absolute Gasteiger partial charge is 0.244 e. The number of imide groups is 1. The number of amides is 3. The molecule has 2 unspecified atom stereocenters. The molecular weight excluding hydrogens is 284 g/mol. The van der Waals surface area contributed by atoms with E-state index in [0.717, 1.165) is 30.6 Å². The molecule has 0 aromatic heterocycles. The van der Waals surface area contributed by atoms with Gasteiger partial charge in [0.2, 0.25) is 17.7 Å². The molecule has 1 saturated carbocycles. The molecule has 2 N–H and O–H groups in total. The maximum Gasteiger partial charge on any atom is 0.244 e. The van der Waals surface area contributed by atoms with E-state index >= 15 is 0 Å². The Morgan fingerprint density at radius 3 is 2.41 bits per heavy atom. The van der Waals surface area contributed by atoms with Crippen LogP contribution in [0, 0.1) is 11.8 Å². The Balaban J connectivity index is 1.66. The molecule has 1 aliphatic carbocycles. The van der Waals surface area contributed by atoms with Gasteiger partial charge in [-0.1, -0.05) is 18.9 Å². The van der Waals surface area contributed by atoms with Gasteiger partial charge >= 0.3 is 0 Å². The third-order valence-electron chi connectivity index (χ3n) is 4.36. The quantitative estimate of drug-likeness (QED) is 0.829. The summed E-state index contributed by atoms with van der Waals surface area (Å²) in [6, 6.07) is 6.13. The van der Waals surface area contributed by atoms with Gasteiger partial charge in [-0.15, -0.1) is 0 Å². The lowest BCUT2D eigenvalue weighted by Crippen LogP contribution is -2.38. The Labute approximate surface area is 128 Å². The molecule has 3 rings (SSSR count). The predicted molar refractivity (Wildman–Crippen MR) is 78.9 cm³/mol. The number of hydrogen-bond donors (Lipinski definition) is 2. The number of carbonyl (C=O) groups is 3. The van der Waals surface area contributed by atoms with Crippen molar-refractivity contribution in [1.82, 2.24) is 4.90 Å². The Morgan fingerprint density at radius 1 is 1.18 bits per heavy atom. The SMILES string of the molecule is O=C(CN1C(=O)C2CCCCC2C1=O)Nc1cccc(O)c1. The van der Waals surface area contributed by atoms with Crippen LogP contribution >= 0.6 is 0 Å². The van der Waals surface area contributed by atoms with Crippen LogP contribution in [0.3, 0.4) is 0 Å². The fourth-order valence-electron chi connectivity index (χ4n) is 3.31. The highest BCUT2D eigenvalue weighted by atomic mass is 16.3. The molecule has 6 nitrogen and oxygen atoms in total. The first-order chi connectivity index (χ1) is 10.6. The molecule has 1 aliphatic heterocycles. The molecule has 0 bridgehead atoms. The van der Waals surface area contributed by atoms with E-state index in [1.807, 2.05) is 0 Å². The van der Waals surface area contributed by atoms with Crippen molar-refractivity contribution < 1.29 is 19.5 Å². The number of nitrogens with zero attached hydrogens (tertiary/aromatic N) is 1. The average molecular weight is 302 g/mol. The van der Waals surface area contributed by atoms with Crippen molar-refractivity contribution in [2.45, 2.75) is 25.7 Å². The van der Waals surface area contributed by atoms with Crippen LogP contribution in [0.15, 0.2) is 24.3 Å². The van der Waals surface area contributed by atoms with Gasteiger partial charge in [0.25, 0.3) is 0 Å². The van der Waals surface area contributed by atoms with Gasteiger partial charge in [0.15, 0.2) is 0 Å². The first kappa shape index (κ1) is 14.6. The van der Waals surface area contributed by atoms with Crippen LogP contribution in [0.4, 0.5) is 5.69 Å². The van der Waals surface area contributed by atoms with E-state index in [2.05, 4.69) is 5.32 Å². The van der Waals surface area contributed by atoms with Crippen LogP contribution in [-0.4, -0.2) is 34.3 Å². The zero-order valence-electron chi connectivity index (χ0n) is 12.1. The van der Waals surface area contributed by atoms with Crippen molar-refractivity contribution in [3.05, 3.63) is 24.3 Å². The van der Waals surface area contributed by atoms with Crippen molar-refractivity contribution in [2.24, 2.45) is 11.8 Å². The maximum atomic E-state index is 12.3. The molecule has 3 amide bonds. The number of fused-ring (bicyclic) bond motifs is 1. The minimum atomic E-state index is -0.439. The second kappa shape index (κ2) is 5.79. The van der Waals surface area contributed by atoms with Gasteiger partial charge < -0.3 is 10.4 Å². The van der Waals surface area contributed by atoms with Gasteiger partial charge in [0, 0.05) is 11.8 Å². The minimum absolute atomic E-state index is 0.0390. The summed E-state index contributed by atoms with van der Waals surface area (Å²) in [6.45, 7) is -0.264. The minimum Gasteiger partial charge on any atom is -0.508 e. The number of aromatic hydroxyl groups is 1. The van der Waals surface area contributed by atoms with Crippen LogP contribution in [0.1, 0.15) is 25.7 Å². The molecule has 6 heteroatoms. The molecule has 2 aliphatic rings. The normalized spacial score (nSPS) is 24.3. The highest BCUT2D eigenvalue weighted by Gasteiger charge is 2.48. The van der Waals surface area contributed by atoms with Crippen molar-refractivity contribution in [3.8, 4) is 5.75 Å². The Kier molecular flexibility index (Phi) is 3.83. The lowest BCUT2D eigenvalue weighted by molar-refractivity contribution is -0.142. The van der Waals surface area contributed by atoms with Gasteiger partial charge in [-0.25, -0.2) is 0 Å². The number of phenolic OH excluding ortho intramolecular Hbond substituents is 1. The van der Waals surface area contributed by atoms with E-state index in [1.54, 1.807) is 12.1 Å². The maximum absolute atomic E-state index is 12.3. The van der Waals surface area contributed by atoms with E-state index in [0.29, 0.717) is 5.69 Å². The molecule has 1 aromatic carbocycles. The second-order valence-corrected chi connectivity index (χ2v) is 5.86. The zero-order valence-corrected chi connectivity index (χ0v) is 12.1. The van der Waals surface area contributed by atoms with Crippen molar-refractivity contribution in [1.29, 1.82) is 0 Å². The zero-order chi connectivity index (χ0) is 15.7. The molecule has 2 atom stereocenters. The number of anilines is 1. The third kappa shape index (κ3) is 2.68. The number of likely N-dealkylation sites (tertiary alicyclic amines) is 1. The van der Waals surface area contributed by atoms with Crippen molar-refractivity contribution in [3.63, 3.8) is 0 Å². The van der Waals surface area contributed by atoms with Crippen molar-refractivity contribution in [2.75, 3.05) is 11.9 Å². The fraction of sp³-hybridized carbons (Fsp3) is 0.438. The summed E-state index contributed by atoms with van der Waals surface area (Å²) in [7, 11) is 0. The van der Waals surface area contributed by atoms with Crippen LogP contribution < -0.4 is 5.32 Å². The van der Waals surface area contributed by atoms with E-state index < -0.39 is 5.91 Å². The summed E-state index contributed by atoms with van der Waals surface area (Å²) in [5, 5.41) is 12.0. The molecule has 0 radical (unpaired) electrons. The molecule has 22 heavy (non-hydrogen) atoms. The number of nitrogens with one attached hydrogen (secondary N) is 1. The standard InChI is InChI=1S/C16H18N2O4/c19-11-5-3-4-10(8-11)17-14(20)9-18-15(21)12-6-1-2-7-13(12)16(18)22/h3-5,8,12-13,19H,1-2,6-7,9H2,(H,17,20). The van der Waals surface area contributed by atoms with E-state index in [9.17, 15) is 19.5 Å².